The third kappa shape index (κ3) is 4.29. The normalized spacial score (nSPS) is 11.8. The van der Waals surface area contributed by atoms with Crippen molar-refractivity contribution in [2.45, 2.75) is 6.04 Å². The van der Waals surface area contributed by atoms with Crippen molar-refractivity contribution in [3.63, 3.8) is 0 Å². The number of benzene rings is 2. The first-order chi connectivity index (χ1) is 12.5. The van der Waals surface area contributed by atoms with Crippen LogP contribution in [0.15, 0.2) is 65.4 Å². The minimum atomic E-state index is -0.532. The summed E-state index contributed by atoms with van der Waals surface area (Å²) in [7, 11) is 1.86. The van der Waals surface area contributed by atoms with E-state index in [2.05, 4.69) is 26.2 Å². The molecule has 5 nitrogen and oxygen atoms in total. The molecule has 0 bridgehead atoms. The van der Waals surface area contributed by atoms with Gasteiger partial charge in [-0.2, -0.15) is 0 Å². The van der Waals surface area contributed by atoms with E-state index in [0.717, 1.165) is 5.56 Å². The van der Waals surface area contributed by atoms with Crippen LogP contribution in [0.3, 0.4) is 0 Å². The second kappa shape index (κ2) is 8.14. The van der Waals surface area contributed by atoms with E-state index in [-0.39, 0.29) is 18.3 Å². The Hall–Kier alpha value is -2.67. The maximum atomic E-state index is 13.8. The van der Waals surface area contributed by atoms with E-state index < -0.39 is 11.9 Å². The van der Waals surface area contributed by atoms with Crippen LogP contribution in [-0.4, -0.2) is 22.1 Å². The van der Waals surface area contributed by atoms with Gasteiger partial charge in [-0.1, -0.05) is 46.3 Å². The molecule has 0 saturated carbocycles. The number of nitrogens with one attached hydrogen (secondary N) is 1. The SMILES string of the molecule is Cn1ccnc1[C@@H](NC(=O)COc1ccc(Br)cc1F)c1ccccc1. The summed E-state index contributed by atoms with van der Waals surface area (Å²) in [6, 6.07) is 13.5. The van der Waals surface area contributed by atoms with Crippen LogP contribution < -0.4 is 10.1 Å². The van der Waals surface area contributed by atoms with Gasteiger partial charge < -0.3 is 14.6 Å². The summed E-state index contributed by atoms with van der Waals surface area (Å²) in [6.07, 6.45) is 3.48. The lowest BCUT2D eigenvalue weighted by molar-refractivity contribution is -0.123. The van der Waals surface area contributed by atoms with Crippen LogP contribution in [0.1, 0.15) is 17.4 Å². The summed E-state index contributed by atoms with van der Waals surface area (Å²) in [5.74, 6) is -0.184. The molecule has 1 heterocycles. The second-order valence-corrected chi connectivity index (χ2v) is 6.59. The third-order valence-electron chi connectivity index (χ3n) is 3.81. The van der Waals surface area contributed by atoms with Crippen molar-refractivity contribution in [1.82, 2.24) is 14.9 Å². The molecule has 26 heavy (non-hydrogen) atoms. The first kappa shape index (κ1) is 18.1. The number of hydrogen-bond acceptors (Lipinski definition) is 3. The average Bonchev–Trinajstić information content (AvgIpc) is 3.05. The number of carbonyl (C=O) groups is 1. The first-order valence-corrected chi connectivity index (χ1v) is 8.73. The quantitative estimate of drug-likeness (QED) is 0.666. The molecule has 7 heteroatoms. The fourth-order valence-corrected chi connectivity index (χ4v) is 2.87. The molecule has 134 valence electrons. The number of aryl methyl sites for hydroxylation is 1. The third-order valence-corrected chi connectivity index (χ3v) is 4.30. The second-order valence-electron chi connectivity index (χ2n) is 5.67. The van der Waals surface area contributed by atoms with Crippen molar-refractivity contribution in [2.24, 2.45) is 7.05 Å². The van der Waals surface area contributed by atoms with Crippen LogP contribution in [0.4, 0.5) is 4.39 Å². The molecule has 1 N–H and O–H groups in total. The lowest BCUT2D eigenvalue weighted by Gasteiger charge is -2.19. The van der Waals surface area contributed by atoms with Crippen molar-refractivity contribution in [3.05, 3.63) is 82.6 Å². The number of halogens is 2. The summed E-state index contributed by atoms with van der Waals surface area (Å²) in [5.41, 5.74) is 0.893. The van der Waals surface area contributed by atoms with E-state index in [1.165, 1.54) is 12.1 Å². The van der Waals surface area contributed by atoms with Crippen LogP contribution in [0, 0.1) is 5.82 Å². The summed E-state index contributed by atoms with van der Waals surface area (Å²) in [5, 5.41) is 2.90. The zero-order chi connectivity index (χ0) is 18.5. The summed E-state index contributed by atoms with van der Waals surface area (Å²) < 4.78 is 21.6. The van der Waals surface area contributed by atoms with Gasteiger partial charge in [0.15, 0.2) is 18.2 Å². The Morgan fingerprint density at radius 1 is 1.31 bits per heavy atom. The molecule has 0 spiro atoms. The Morgan fingerprint density at radius 3 is 2.73 bits per heavy atom. The monoisotopic (exact) mass is 417 g/mol. The maximum Gasteiger partial charge on any atom is 0.258 e. The maximum absolute atomic E-state index is 13.8. The Kier molecular flexibility index (Phi) is 5.68. The fourth-order valence-electron chi connectivity index (χ4n) is 2.54. The highest BCUT2D eigenvalue weighted by Crippen LogP contribution is 2.22. The molecule has 1 amide bonds. The number of rotatable bonds is 6. The molecular formula is C19H17BrFN3O2. The van der Waals surface area contributed by atoms with Gasteiger partial charge in [-0.3, -0.25) is 4.79 Å². The molecule has 0 aliphatic heterocycles. The Bertz CT molecular complexity index is 899. The molecule has 1 aromatic heterocycles. The van der Waals surface area contributed by atoms with E-state index in [1.54, 1.807) is 12.3 Å². The largest absolute Gasteiger partial charge is 0.481 e. The first-order valence-electron chi connectivity index (χ1n) is 7.94. The zero-order valence-corrected chi connectivity index (χ0v) is 15.6. The van der Waals surface area contributed by atoms with Crippen LogP contribution in [0.2, 0.25) is 0 Å². The van der Waals surface area contributed by atoms with Crippen LogP contribution in [-0.2, 0) is 11.8 Å². The lowest BCUT2D eigenvalue weighted by Crippen LogP contribution is -2.34. The highest BCUT2D eigenvalue weighted by Gasteiger charge is 2.21. The predicted octanol–water partition coefficient (Wildman–Crippen LogP) is 3.61. The number of hydrogen-bond donors (Lipinski definition) is 1. The molecule has 0 unspecified atom stereocenters. The minimum Gasteiger partial charge on any atom is -0.481 e. The number of carbonyl (C=O) groups excluding carboxylic acids is 1. The number of aromatic nitrogens is 2. The van der Waals surface area contributed by atoms with Crippen LogP contribution >= 0.6 is 15.9 Å². The van der Waals surface area contributed by atoms with Gasteiger partial charge in [0.1, 0.15) is 11.9 Å². The summed E-state index contributed by atoms with van der Waals surface area (Å²) in [4.78, 5) is 16.7. The van der Waals surface area contributed by atoms with E-state index in [1.807, 2.05) is 48.1 Å². The number of ether oxygens (including phenoxy) is 1. The molecular weight excluding hydrogens is 401 g/mol. The number of amides is 1. The van der Waals surface area contributed by atoms with E-state index >= 15 is 0 Å². The van der Waals surface area contributed by atoms with Gasteiger partial charge >= 0.3 is 0 Å². The van der Waals surface area contributed by atoms with Crippen molar-refractivity contribution in [3.8, 4) is 5.75 Å². The molecule has 0 fully saturated rings. The van der Waals surface area contributed by atoms with Gasteiger partial charge in [0.25, 0.3) is 5.91 Å². The van der Waals surface area contributed by atoms with E-state index in [4.69, 9.17) is 4.74 Å². The molecule has 0 aliphatic rings. The van der Waals surface area contributed by atoms with Gasteiger partial charge in [-0.15, -0.1) is 0 Å². The predicted molar refractivity (Wildman–Crippen MR) is 99.2 cm³/mol. The van der Waals surface area contributed by atoms with Crippen LogP contribution in [0.25, 0.3) is 0 Å². The number of nitrogens with zero attached hydrogens (tertiary/aromatic N) is 2. The van der Waals surface area contributed by atoms with Crippen molar-refractivity contribution in [2.75, 3.05) is 6.61 Å². The van der Waals surface area contributed by atoms with Gasteiger partial charge in [-0.25, -0.2) is 9.37 Å². The van der Waals surface area contributed by atoms with Gasteiger partial charge in [-0.05, 0) is 23.8 Å². The standard InChI is InChI=1S/C19H17BrFN3O2/c1-24-10-9-22-19(24)18(13-5-3-2-4-6-13)23-17(25)12-26-16-8-7-14(20)11-15(16)21/h2-11,18H,12H2,1H3,(H,23,25)/t18-/m0/s1. The summed E-state index contributed by atoms with van der Waals surface area (Å²) in [6.45, 7) is -0.299. The average molecular weight is 418 g/mol. The molecule has 2 aromatic carbocycles. The highest BCUT2D eigenvalue weighted by molar-refractivity contribution is 9.10. The topological polar surface area (TPSA) is 56.2 Å². The van der Waals surface area contributed by atoms with Crippen molar-refractivity contribution < 1.29 is 13.9 Å². The van der Waals surface area contributed by atoms with E-state index in [9.17, 15) is 9.18 Å². The minimum absolute atomic E-state index is 0.0246. The molecule has 0 radical (unpaired) electrons. The molecule has 3 rings (SSSR count). The smallest absolute Gasteiger partial charge is 0.258 e. The molecule has 0 aliphatic carbocycles. The van der Waals surface area contributed by atoms with E-state index in [0.29, 0.717) is 10.3 Å². The Labute approximate surface area is 159 Å². The number of imidazole rings is 1. The van der Waals surface area contributed by atoms with Crippen molar-refractivity contribution in [1.29, 1.82) is 0 Å². The molecule has 3 aromatic rings. The highest BCUT2D eigenvalue weighted by atomic mass is 79.9. The Balaban J connectivity index is 1.72. The van der Waals surface area contributed by atoms with Crippen molar-refractivity contribution >= 4 is 21.8 Å². The Morgan fingerprint density at radius 2 is 2.08 bits per heavy atom. The zero-order valence-electron chi connectivity index (χ0n) is 14.0. The van der Waals surface area contributed by atoms with Gasteiger partial charge in [0.2, 0.25) is 0 Å². The van der Waals surface area contributed by atoms with Gasteiger partial charge in [0.05, 0.1) is 0 Å². The summed E-state index contributed by atoms with van der Waals surface area (Å²) >= 11 is 3.18. The molecule has 1 atom stereocenters. The van der Waals surface area contributed by atoms with Gasteiger partial charge in [0, 0.05) is 23.9 Å². The molecule has 0 saturated heterocycles. The van der Waals surface area contributed by atoms with Crippen LogP contribution in [0.5, 0.6) is 5.75 Å². The fraction of sp³-hybridized carbons (Fsp3) is 0.158. The lowest BCUT2D eigenvalue weighted by atomic mass is 10.1.